The second kappa shape index (κ2) is 6.28. The van der Waals surface area contributed by atoms with Gasteiger partial charge in [0.25, 0.3) is 0 Å². The van der Waals surface area contributed by atoms with Crippen LogP contribution in [0.1, 0.15) is 19.5 Å². The second-order valence-electron chi connectivity index (χ2n) is 5.00. The van der Waals surface area contributed by atoms with Gasteiger partial charge in [-0.2, -0.15) is 0 Å². The maximum absolute atomic E-state index is 5.68. The summed E-state index contributed by atoms with van der Waals surface area (Å²) in [5.41, 5.74) is 5.41. The lowest BCUT2D eigenvalue weighted by Gasteiger charge is -2.15. The molecule has 0 fully saturated rings. The van der Waals surface area contributed by atoms with Gasteiger partial charge in [-0.3, -0.25) is 10.8 Å². The van der Waals surface area contributed by atoms with Crippen LogP contribution in [0.3, 0.4) is 0 Å². The van der Waals surface area contributed by atoms with Crippen molar-refractivity contribution in [3.63, 3.8) is 0 Å². The van der Waals surface area contributed by atoms with Crippen molar-refractivity contribution in [1.29, 1.82) is 0 Å². The van der Waals surface area contributed by atoms with E-state index in [4.69, 9.17) is 15.6 Å². The number of methoxy groups -OCH3 is 1. The Morgan fingerprint density at radius 2 is 2.00 bits per heavy atom. The summed E-state index contributed by atoms with van der Waals surface area (Å²) in [7, 11) is 1.63. The molecule has 20 heavy (non-hydrogen) atoms. The normalized spacial score (nSPS) is 11.2. The van der Waals surface area contributed by atoms with Crippen molar-refractivity contribution in [2.45, 2.75) is 20.3 Å². The van der Waals surface area contributed by atoms with Gasteiger partial charge in [0.05, 0.1) is 28.2 Å². The molecule has 108 valence electrons. The van der Waals surface area contributed by atoms with Crippen molar-refractivity contribution >= 4 is 48.5 Å². The van der Waals surface area contributed by atoms with E-state index in [2.05, 4.69) is 51.1 Å². The number of nitrogens with two attached hydrogens (primary N) is 1. The van der Waals surface area contributed by atoms with E-state index in [1.165, 1.54) is 0 Å². The smallest absolute Gasteiger partial charge is 0.144 e. The maximum atomic E-state index is 5.68. The Balaban J connectivity index is 2.79. The average molecular weight is 403 g/mol. The Hall–Kier alpha value is -0.850. The van der Waals surface area contributed by atoms with Crippen LogP contribution in [0.4, 0.5) is 5.69 Å². The molecule has 4 nitrogen and oxygen atoms in total. The molecule has 1 aromatic heterocycles. The fourth-order valence-corrected chi connectivity index (χ4v) is 3.61. The predicted octanol–water partition coefficient (Wildman–Crippen LogP) is 4.25. The number of benzene rings is 1. The molecule has 0 amide bonds. The van der Waals surface area contributed by atoms with Crippen molar-refractivity contribution in [3.05, 3.63) is 26.8 Å². The number of nitrogens with zero attached hydrogens (tertiary/aromatic N) is 1. The number of ether oxygens (including phenoxy) is 1. The fourth-order valence-electron chi connectivity index (χ4n) is 2.20. The zero-order valence-electron chi connectivity index (χ0n) is 11.6. The highest BCUT2D eigenvalue weighted by atomic mass is 79.9. The molecule has 3 N–H and O–H groups in total. The van der Waals surface area contributed by atoms with Crippen molar-refractivity contribution in [2.75, 3.05) is 12.5 Å². The molecule has 0 aliphatic rings. The monoisotopic (exact) mass is 401 g/mol. The Kier molecular flexibility index (Phi) is 4.88. The molecule has 0 saturated heterocycles. The lowest BCUT2D eigenvalue weighted by molar-refractivity contribution is 0.417. The second-order valence-corrected chi connectivity index (χ2v) is 6.71. The molecule has 2 aromatic rings. The molecule has 0 atom stereocenters. The van der Waals surface area contributed by atoms with Crippen LogP contribution in [0.25, 0.3) is 10.9 Å². The Labute approximate surface area is 135 Å². The van der Waals surface area contributed by atoms with Crippen LogP contribution in [-0.2, 0) is 6.42 Å². The van der Waals surface area contributed by atoms with Crippen molar-refractivity contribution < 1.29 is 4.74 Å². The number of hydrogen-bond acceptors (Lipinski definition) is 4. The standard InChI is InChI=1S/C14H17Br2N3O/c1-7(2)4-8-5-11(19-17)12-13(18-8)9(15)6-10(16)14(12)20-3/h5-7H,4,17H2,1-3H3,(H,18,19). The Bertz CT molecular complexity index is 644. The van der Waals surface area contributed by atoms with Gasteiger partial charge in [-0.15, -0.1) is 0 Å². The van der Waals surface area contributed by atoms with Gasteiger partial charge in [0.1, 0.15) is 5.75 Å². The first kappa shape index (κ1) is 15.5. The van der Waals surface area contributed by atoms with Gasteiger partial charge in [0.2, 0.25) is 0 Å². The third kappa shape index (κ3) is 2.92. The first-order chi connectivity index (χ1) is 9.47. The average Bonchev–Trinajstić information content (AvgIpc) is 2.38. The van der Waals surface area contributed by atoms with E-state index in [9.17, 15) is 0 Å². The number of rotatable bonds is 4. The van der Waals surface area contributed by atoms with Gasteiger partial charge in [0.15, 0.2) is 0 Å². The summed E-state index contributed by atoms with van der Waals surface area (Å²) in [6, 6.07) is 3.91. The number of hydrazine groups is 1. The van der Waals surface area contributed by atoms with Gasteiger partial charge in [0, 0.05) is 10.2 Å². The van der Waals surface area contributed by atoms with Crippen LogP contribution in [0.5, 0.6) is 5.75 Å². The van der Waals surface area contributed by atoms with E-state index in [0.717, 1.165) is 43.4 Å². The summed E-state index contributed by atoms with van der Waals surface area (Å²) in [5, 5.41) is 0.865. The highest BCUT2D eigenvalue weighted by Gasteiger charge is 2.16. The molecule has 0 saturated carbocycles. The molecule has 0 unspecified atom stereocenters. The molecule has 0 spiro atoms. The minimum atomic E-state index is 0.529. The highest BCUT2D eigenvalue weighted by Crippen LogP contribution is 2.41. The Morgan fingerprint density at radius 1 is 1.30 bits per heavy atom. The summed E-state index contributed by atoms with van der Waals surface area (Å²) >= 11 is 7.06. The number of hydrogen-bond donors (Lipinski definition) is 2. The Morgan fingerprint density at radius 3 is 2.55 bits per heavy atom. The van der Waals surface area contributed by atoms with Crippen molar-refractivity contribution in [3.8, 4) is 5.75 Å². The van der Waals surface area contributed by atoms with Crippen LogP contribution >= 0.6 is 31.9 Å². The fraction of sp³-hybridized carbons (Fsp3) is 0.357. The first-order valence-electron chi connectivity index (χ1n) is 6.30. The summed E-state index contributed by atoms with van der Waals surface area (Å²) in [6.07, 6.45) is 0.898. The third-order valence-electron chi connectivity index (χ3n) is 2.97. The molecule has 2 rings (SSSR count). The number of anilines is 1. The van der Waals surface area contributed by atoms with Crippen LogP contribution < -0.4 is 16.0 Å². The molecule has 1 aromatic carbocycles. The number of pyridine rings is 1. The van der Waals surface area contributed by atoms with Gasteiger partial charge >= 0.3 is 0 Å². The van der Waals surface area contributed by atoms with E-state index in [1.54, 1.807) is 7.11 Å². The topological polar surface area (TPSA) is 60.2 Å². The first-order valence-corrected chi connectivity index (χ1v) is 7.88. The predicted molar refractivity (Wildman–Crippen MR) is 90.0 cm³/mol. The lowest BCUT2D eigenvalue weighted by Crippen LogP contribution is -2.10. The van der Waals surface area contributed by atoms with Gasteiger partial charge in [-0.05, 0) is 56.3 Å². The number of fused-ring (bicyclic) bond motifs is 1. The van der Waals surface area contributed by atoms with Crippen LogP contribution in [0.15, 0.2) is 21.1 Å². The SMILES string of the molecule is COc1c(Br)cc(Br)c2nc(CC(C)C)cc(NN)c12. The summed E-state index contributed by atoms with van der Waals surface area (Å²) in [5.74, 6) is 6.93. The molecule has 0 aliphatic carbocycles. The van der Waals surface area contributed by atoms with Gasteiger partial charge < -0.3 is 10.2 Å². The van der Waals surface area contributed by atoms with E-state index >= 15 is 0 Å². The minimum absolute atomic E-state index is 0.529. The summed E-state index contributed by atoms with van der Waals surface area (Å²) < 4.78 is 7.23. The van der Waals surface area contributed by atoms with E-state index < -0.39 is 0 Å². The maximum Gasteiger partial charge on any atom is 0.144 e. The lowest BCUT2D eigenvalue weighted by atomic mass is 10.1. The summed E-state index contributed by atoms with van der Waals surface area (Å²) in [4.78, 5) is 4.73. The van der Waals surface area contributed by atoms with E-state index in [0.29, 0.717) is 5.92 Å². The zero-order valence-corrected chi connectivity index (χ0v) is 14.8. The molecular formula is C14H17Br2N3O. The number of nitrogens with one attached hydrogen (secondary N) is 1. The summed E-state index contributed by atoms with van der Waals surface area (Å²) in [6.45, 7) is 4.33. The molecule has 0 bridgehead atoms. The molecule has 0 radical (unpaired) electrons. The molecule has 6 heteroatoms. The molecule has 1 heterocycles. The van der Waals surface area contributed by atoms with Crippen molar-refractivity contribution in [1.82, 2.24) is 4.98 Å². The minimum Gasteiger partial charge on any atom is -0.495 e. The van der Waals surface area contributed by atoms with Crippen LogP contribution in [0.2, 0.25) is 0 Å². The number of halogens is 2. The quantitative estimate of drug-likeness (QED) is 0.592. The van der Waals surface area contributed by atoms with Gasteiger partial charge in [-0.25, -0.2) is 0 Å². The molecule has 0 aliphatic heterocycles. The van der Waals surface area contributed by atoms with Crippen LogP contribution in [-0.4, -0.2) is 12.1 Å². The number of nitrogen functional groups attached to an aromatic ring is 1. The largest absolute Gasteiger partial charge is 0.495 e. The van der Waals surface area contributed by atoms with E-state index in [1.807, 2.05) is 12.1 Å². The van der Waals surface area contributed by atoms with E-state index in [-0.39, 0.29) is 0 Å². The third-order valence-corrected chi connectivity index (χ3v) is 4.17. The number of aromatic nitrogens is 1. The highest BCUT2D eigenvalue weighted by molar-refractivity contribution is 9.11. The van der Waals surface area contributed by atoms with Gasteiger partial charge in [-0.1, -0.05) is 13.8 Å². The van der Waals surface area contributed by atoms with Crippen LogP contribution in [0, 0.1) is 5.92 Å². The molecular weight excluding hydrogens is 386 g/mol. The van der Waals surface area contributed by atoms with Crippen molar-refractivity contribution in [2.24, 2.45) is 11.8 Å². The zero-order chi connectivity index (χ0) is 14.9.